The van der Waals surface area contributed by atoms with Crippen LogP contribution in [0.15, 0.2) is 30.3 Å². The van der Waals surface area contributed by atoms with Crippen molar-refractivity contribution < 1.29 is 19.4 Å². The summed E-state index contributed by atoms with van der Waals surface area (Å²) in [5.74, 6) is -0.542. The molecular weight excluding hydrogens is 312 g/mol. The quantitative estimate of drug-likeness (QED) is 0.761. The van der Waals surface area contributed by atoms with Gasteiger partial charge in [-0.1, -0.05) is 30.3 Å². The second-order valence-corrected chi connectivity index (χ2v) is 5.94. The summed E-state index contributed by atoms with van der Waals surface area (Å²) >= 11 is 0. The standard InChI is InChI=1S/C16H24N4O4/c1-18(2)15(14(17)22)20-9-8-19(10-13(20)21)16(23)24-11-12-6-4-3-5-7-12/h3-7,13,15,21H,8-11H2,1-2H3,(H2,17,22). The van der Waals surface area contributed by atoms with Gasteiger partial charge in [-0.15, -0.1) is 0 Å². The van der Waals surface area contributed by atoms with Crippen LogP contribution in [-0.2, 0) is 16.1 Å². The molecule has 132 valence electrons. The summed E-state index contributed by atoms with van der Waals surface area (Å²) in [6.07, 6.45) is -2.19. The lowest BCUT2D eigenvalue weighted by atomic mass is 10.2. The molecule has 0 bridgehead atoms. The minimum atomic E-state index is -0.983. The molecule has 0 saturated carbocycles. The SMILES string of the molecule is CN(C)C(C(N)=O)N1CCN(C(=O)OCc2ccccc2)CC1O. The van der Waals surface area contributed by atoms with Crippen molar-refractivity contribution >= 4 is 12.0 Å². The Labute approximate surface area is 141 Å². The smallest absolute Gasteiger partial charge is 0.410 e. The van der Waals surface area contributed by atoms with Gasteiger partial charge in [-0.05, 0) is 19.7 Å². The molecule has 24 heavy (non-hydrogen) atoms. The zero-order chi connectivity index (χ0) is 17.7. The normalized spacial score (nSPS) is 20.0. The van der Waals surface area contributed by atoms with Gasteiger partial charge in [0.2, 0.25) is 5.91 Å². The maximum atomic E-state index is 12.1. The van der Waals surface area contributed by atoms with E-state index in [2.05, 4.69) is 0 Å². The minimum absolute atomic E-state index is 0.0608. The second-order valence-electron chi connectivity index (χ2n) is 5.94. The Bertz CT molecular complexity index is 566. The Balaban J connectivity index is 1.90. The minimum Gasteiger partial charge on any atom is -0.445 e. The summed E-state index contributed by atoms with van der Waals surface area (Å²) in [5, 5.41) is 10.3. The van der Waals surface area contributed by atoms with E-state index in [1.807, 2.05) is 30.3 Å². The van der Waals surface area contributed by atoms with E-state index in [4.69, 9.17) is 10.5 Å². The molecule has 2 atom stereocenters. The van der Waals surface area contributed by atoms with E-state index in [0.29, 0.717) is 13.1 Å². The van der Waals surface area contributed by atoms with Gasteiger partial charge in [-0.3, -0.25) is 14.6 Å². The molecule has 0 radical (unpaired) electrons. The first-order valence-corrected chi connectivity index (χ1v) is 7.75. The van der Waals surface area contributed by atoms with Crippen molar-refractivity contribution in [2.45, 2.75) is 19.0 Å². The van der Waals surface area contributed by atoms with Crippen LogP contribution in [0, 0.1) is 0 Å². The number of aliphatic hydroxyl groups excluding tert-OH is 1. The Morgan fingerprint density at radius 1 is 1.33 bits per heavy atom. The van der Waals surface area contributed by atoms with Gasteiger partial charge >= 0.3 is 6.09 Å². The average molecular weight is 336 g/mol. The van der Waals surface area contributed by atoms with E-state index in [1.165, 1.54) is 4.90 Å². The van der Waals surface area contributed by atoms with Crippen LogP contribution in [0.1, 0.15) is 5.56 Å². The second kappa shape index (κ2) is 8.09. The van der Waals surface area contributed by atoms with Crippen molar-refractivity contribution in [1.82, 2.24) is 14.7 Å². The highest BCUT2D eigenvalue weighted by Gasteiger charge is 2.36. The van der Waals surface area contributed by atoms with Crippen molar-refractivity contribution in [2.75, 3.05) is 33.7 Å². The monoisotopic (exact) mass is 336 g/mol. The van der Waals surface area contributed by atoms with Gasteiger partial charge in [0.1, 0.15) is 19.0 Å². The first-order valence-electron chi connectivity index (χ1n) is 7.75. The van der Waals surface area contributed by atoms with Gasteiger partial charge in [0.25, 0.3) is 0 Å². The van der Waals surface area contributed by atoms with Crippen LogP contribution in [0.2, 0.25) is 0 Å². The average Bonchev–Trinajstić information content (AvgIpc) is 2.54. The molecule has 3 N–H and O–H groups in total. The highest BCUT2D eigenvalue weighted by Crippen LogP contribution is 2.14. The van der Waals surface area contributed by atoms with Crippen LogP contribution >= 0.6 is 0 Å². The van der Waals surface area contributed by atoms with Crippen molar-refractivity contribution in [2.24, 2.45) is 5.73 Å². The first-order chi connectivity index (χ1) is 11.4. The van der Waals surface area contributed by atoms with E-state index < -0.39 is 24.4 Å². The number of primary amides is 1. The lowest BCUT2D eigenvalue weighted by Gasteiger charge is -2.42. The third-order valence-electron chi connectivity index (χ3n) is 3.92. The molecule has 1 fully saturated rings. The van der Waals surface area contributed by atoms with E-state index in [0.717, 1.165) is 5.56 Å². The van der Waals surface area contributed by atoms with Gasteiger partial charge in [-0.2, -0.15) is 0 Å². The van der Waals surface area contributed by atoms with Crippen LogP contribution in [0.5, 0.6) is 0 Å². The summed E-state index contributed by atoms with van der Waals surface area (Å²) in [4.78, 5) is 28.4. The molecule has 1 aromatic carbocycles. The van der Waals surface area contributed by atoms with Gasteiger partial charge in [0, 0.05) is 13.1 Å². The molecule has 1 aromatic rings. The first kappa shape index (κ1) is 18.2. The van der Waals surface area contributed by atoms with Crippen LogP contribution in [-0.4, -0.2) is 77.9 Å². The summed E-state index contributed by atoms with van der Waals surface area (Å²) in [6.45, 7) is 0.915. The molecule has 8 heteroatoms. The lowest BCUT2D eigenvalue weighted by molar-refractivity contribution is -0.144. The molecule has 1 heterocycles. The van der Waals surface area contributed by atoms with Crippen molar-refractivity contribution in [3.05, 3.63) is 35.9 Å². The summed E-state index contributed by atoms with van der Waals surface area (Å²) in [7, 11) is 3.42. The predicted molar refractivity (Wildman–Crippen MR) is 87.6 cm³/mol. The number of ether oxygens (including phenoxy) is 1. The Morgan fingerprint density at radius 2 is 2.00 bits per heavy atom. The molecule has 2 unspecified atom stereocenters. The number of nitrogens with two attached hydrogens (primary N) is 1. The van der Waals surface area contributed by atoms with Gasteiger partial charge < -0.3 is 20.5 Å². The van der Waals surface area contributed by atoms with Crippen molar-refractivity contribution in [1.29, 1.82) is 0 Å². The maximum absolute atomic E-state index is 12.1. The Kier molecular flexibility index (Phi) is 6.13. The van der Waals surface area contributed by atoms with E-state index >= 15 is 0 Å². The topological polar surface area (TPSA) is 99.3 Å². The molecular formula is C16H24N4O4. The number of β-amino-alcohol motifs (C(OH)–C–C–N with tert-alkyl or cyclic N) is 1. The number of benzene rings is 1. The number of hydrogen-bond acceptors (Lipinski definition) is 6. The summed E-state index contributed by atoms with van der Waals surface area (Å²) in [6, 6.07) is 9.37. The number of nitrogens with zero attached hydrogens (tertiary/aromatic N) is 3. The van der Waals surface area contributed by atoms with Crippen molar-refractivity contribution in [3.8, 4) is 0 Å². The molecule has 8 nitrogen and oxygen atoms in total. The van der Waals surface area contributed by atoms with Crippen LogP contribution < -0.4 is 5.73 Å². The van der Waals surface area contributed by atoms with E-state index in [-0.39, 0.29) is 13.2 Å². The summed E-state index contributed by atoms with van der Waals surface area (Å²) < 4.78 is 5.26. The van der Waals surface area contributed by atoms with Crippen LogP contribution in [0.4, 0.5) is 4.79 Å². The Hall–Kier alpha value is -2.16. The molecule has 0 spiro atoms. The molecule has 1 saturated heterocycles. The lowest BCUT2D eigenvalue weighted by Crippen LogP contribution is -2.63. The van der Waals surface area contributed by atoms with Crippen molar-refractivity contribution in [3.63, 3.8) is 0 Å². The fraction of sp³-hybridized carbons (Fsp3) is 0.500. The highest BCUT2D eigenvalue weighted by atomic mass is 16.6. The number of likely N-dealkylation sites (N-methyl/N-ethyl adjacent to an activating group) is 1. The van der Waals surface area contributed by atoms with Gasteiger partial charge in [-0.25, -0.2) is 4.79 Å². The molecule has 1 aliphatic heterocycles. The number of carbonyl (C=O) groups is 2. The van der Waals surface area contributed by atoms with Crippen LogP contribution in [0.25, 0.3) is 0 Å². The Morgan fingerprint density at radius 3 is 2.54 bits per heavy atom. The molecule has 0 aliphatic carbocycles. The number of aliphatic hydroxyl groups is 1. The van der Waals surface area contributed by atoms with E-state index in [9.17, 15) is 14.7 Å². The molecule has 1 aliphatic rings. The number of hydrogen-bond donors (Lipinski definition) is 2. The maximum Gasteiger partial charge on any atom is 0.410 e. The molecule has 0 aromatic heterocycles. The zero-order valence-electron chi connectivity index (χ0n) is 14.0. The molecule has 2 rings (SSSR count). The number of piperazine rings is 1. The summed E-state index contributed by atoms with van der Waals surface area (Å²) in [5.41, 5.74) is 6.29. The largest absolute Gasteiger partial charge is 0.445 e. The van der Waals surface area contributed by atoms with Gasteiger partial charge in [0.15, 0.2) is 0 Å². The van der Waals surface area contributed by atoms with Crippen LogP contribution in [0.3, 0.4) is 0 Å². The van der Waals surface area contributed by atoms with Gasteiger partial charge in [0.05, 0.1) is 6.54 Å². The predicted octanol–water partition coefficient (Wildman–Crippen LogP) is -0.368. The number of amides is 2. The fourth-order valence-electron chi connectivity index (χ4n) is 2.75. The third kappa shape index (κ3) is 4.44. The van der Waals surface area contributed by atoms with E-state index in [1.54, 1.807) is 23.9 Å². The zero-order valence-corrected chi connectivity index (χ0v) is 14.0. The number of rotatable bonds is 5. The fourth-order valence-corrected chi connectivity index (χ4v) is 2.75. The molecule has 2 amide bonds. The third-order valence-corrected chi connectivity index (χ3v) is 3.92. The number of carbonyl (C=O) groups excluding carboxylic acids is 2. The highest BCUT2D eigenvalue weighted by molar-refractivity contribution is 5.79.